The van der Waals surface area contributed by atoms with Gasteiger partial charge in [-0.3, -0.25) is 0 Å². The van der Waals surface area contributed by atoms with Crippen LogP contribution >= 0.6 is 11.6 Å². The summed E-state index contributed by atoms with van der Waals surface area (Å²) >= 11 is 5.65. The third-order valence-corrected chi connectivity index (χ3v) is 5.35. The molecule has 20 heavy (non-hydrogen) atoms. The number of alkyl halides is 1. The van der Waals surface area contributed by atoms with Crippen LogP contribution in [0.15, 0.2) is 29.2 Å². The molecule has 2 rings (SSSR count). The molecule has 0 spiro atoms. The molecule has 0 saturated heterocycles. The second kappa shape index (κ2) is 6.43. The molecule has 0 radical (unpaired) electrons. The maximum Gasteiger partial charge on any atom is 0.240 e. The largest absolute Gasteiger partial charge is 0.389 e. The van der Waals surface area contributed by atoms with Gasteiger partial charge in [0.15, 0.2) is 0 Å². The summed E-state index contributed by atoms with van der Waals surface area (Å²) in [6, 6.07) is 6.67. The molecule has 0 aromatic heterocycles. The van der Waals surface area contributed by atoms with Gasteiger partial charge in [-0.1, -0.05) is 25.0 Å². The molecule has 0 bridgehead atoms. The van der Waals surface area contributed by atoms with Crippen LogP contribution in [0.2, 0.25) is 0 Å². The van der Waals surface area contributed by atoms with Crippen molar-refractivity contribution in [2.24, 2.45) is 0 Å². The highest BCUT2D eigenvalue weighted by molar-refractivity contribution is 7.89. The van der Waals surface area contributed by atoms with Gasteiger partial charge >= 0.3 is 0 Å². The van der Waals surface area contributed by atoms with Crippen LogP contribution < -0.4 is 4.72 Å². The van der Waals surface area contributed by atoms with E-state index in [1.54, 1.807) is 24.3 Å². The molecule has 1 saturated carbocycles. The smallest absolute Gasteiger partial charge is 0.240 e. The topological polar surface area (TPSA) is 66.4 Å². The first kappa shape index (κ1) is 15.8. The van der Waals surface area contributed by atoms with Crippen LogP contribution in [-0.4, -0.2) is 31.6 Å². The second-order valence-corrected chi connectivity index (χ2v) is 7.48. The minimum Gasteiger partial charge on any atom is -0.389 e. The third kappa shape index (κ3) is 3.95. The van der Waals surface area contributed by atoms with Crippen LogP contribution in [-0.2, 0) is 16.4 Å². The van der Waals surface area contributed by atoms with Gasteiger partial charge in [0.2, 0.25) is 10.0 Å². The lowest BCUT2D eigenvalue weighted by atomic mass is 10.0. The average molecular weight is 318 g/mol. The lowest BCUT2D eigenvalue weighted by molar-refractivity contribution is 0.0532. The minimum atomic E-state index is -3.56. The van der Waals surface area contributed by atoms with Gasteiger partial charge in [0, 0.05) is 12.4 Å². The van der Waals surface area contributed by atoms with E-state index in [0.717, 1.165) is 24.8 Å². The van der Waals surface area contributed by atoms with Crippen LogP contribution in [0.4, 0.5) is 0 Å². The summed E-state index contributed by atoms with van der Waals surface area (Å²) in [5.74, 6) is 0.511. The van der Waals surface area contributed by atoms with Gasteiger partial charge in [-0.15, -0.1) is 11.6 Å². The van der Waals surface area contributed by atoms with E-state index < -0.39 is 15.6 Å². The average Bonchev–Trinajstić information content (AvgIpc) is 2.85. The van der Waals surface area contributed by atoms with Crippen LogP contribution in [0.1, 0.15) is 31.2 Å². The van der Waals surface area contributed by atoms with Crippen molar-refractivity contribution >= 4 is 21.6 Å². The summed E-state index contributed by atoms with van der Waals surface area (Å²) in [6.45, 7) is 0.0821. The summed E-state index contributed by atoms with van der Waals surface area (Å²) in [5, 5.41) is 10.2. The Kier molecular flexibility index (Phi) is 5.07. The quantitative estimate of drug-likeness (QED) is 0.789. The molecule has 0 amide bonds. The Hall–Kier alpha value is -0.620. The van der Waals surface area contributed by atoms with Crippen LogP contribution in [0.3, 0.4) is 0 Å². The third-order valence-electron chi connectivity index (χ3n) is 3.74. The highest BCUT2D eigenvalue weighted by Gasteiger charge is 2.32. The molecule has 2 N–H and O–H groups in total. The summed E-state index contributed by atoms with van der Waals surface area (Å²) in [6.07, 6.45) is 3.93. The zero-order valence-electron chi connectivity index (χ0n) is 11.3. The van der Waals surface area contributed by atoms with Crippen molar-refractivity contribution in [3.63, 3.8) is 0 Å². The van der Waals surface area contributed by atoms with Crippen LogP contribution in [0.25, 0.3) is 0 Å². The van der Waals surface area contributed by atoms with Crippen molar-refractivity contribution in [3.05, 3.63) is 29.8 Å². The summed E-state index contributed by atoms with van der Waals surface area (Å²) in [5.41, 5.74) is 0.124. The van der Waals surface area contributed by atoms with E-state index in [2.05, 4.69) is 4.72 Å². The van der Waals surface area contributed by atoms with Gasteiger partial charge < -0.3 is 5.11 Å². The summed E-state index contributed by atoms with van der Waals surface area (Å²) in [7, 11) is -3.56. The molecule has 6 heteroatoms. The highest BCUT2D eigenvalue weighted by atomic mass is 35.5. The first-order valence-electron chi connectivity index (χ1n) is 6.82. The van der Waals surface area contributed by atoms with Gasteiger partial charge in [-0.2, -0.15) is 0 Å². The number of nitrogens with one attached hydrogen (secondary N) is 1. The van der Waals surface area contributed by atoms with E-state index in [-0.39, 0.29) is 11.4 Å². The van der Waals surface area contributed by atoms with Gasteiger partial charge in [-0.05, 0) is 37.0 Å². The molecule has 0 unspecified atom stereocenters. The maximum atomic E-state index is 12.2. The maximum absolute atomic E-state index is 12.2. The van der Waals surface area contributed by atoms with E-state index in [0.29, 0.717) is 18.7 Å². The van der Waals surface area contributed by atoms with Crippen molar-refractivity contribution < 1.29 is 13.5 Å². The van der Waals surface area contributed by atoms with Gasteiger partial charge in [-0.25, -0.2) is 13.1 Å². The van der Waals surface area contributed by atoms with Crippen molar-refractivity contribution in [1.29, 1.82) is 0 Å². The van der Waals surface area contributed by atoms with Gasteiger partial charge in [0.05, 0.1) is 10.5 Å². The summed E-state index contributed by atoms with van der Waals surface area (Å²) < 4.78 is 26.8. The molecule has 1 aliphatic carbocycles. The molecule has 0 aliphatic heterocycles. The molecule has 112 valence electrons. The van der Waals surface area contributed by atoms with Gasteiger partial charge in [0.1, 0.15) is 0 Å². The molecule has 1 aliphatic rings. The number of rotatable bonds is 6. The molecular formula is C14H20ClNO3S. The molecule has 4 nitrogen and oxygen atoms in total. The van der Waals surface area contributed by atoms with E-state index in [1.165, 1.54) is 0 Å². The predicted molar refractivity (Wildman–Crippen MR) is 79.5 cm³/mol. The zero-order valence-corrected chi connectivity index (χ0v) is 12.9. The normalized spacial score (nSPS) is 18.3. The van der Waals surface area contributed by atoms with Crippen molar-refractivity contribution in [2.45, 2.75) is 42.6 Å². The fraction of sp³-hybridized carbons (Fsp3) is 0.571. The number of hydrogen-bond acceptors (Lipinski definition) is 3. The van der Waals surface area contributed by atoms with Crippen molar-refractivity contribution in [3.8, 4) is 0 Å². The van der Waals surface area contributed by atoms with E-state index in [4.69, 9.17) is 11.6 Å². The van der Waals surface area contributed by atoms with E-state index in [9.17, 15) is 13.5 Å². The zero-order chi connectivity index (χ0) is 14.6. The fourth-order valence-electron chi connectivity index (χ4n) is 2.47. The number of aliphatic hydroxyl groups is 1. The van der Waals surface area contributed by atoms with Crippen LogP contribution in [0.5, 0.6) is 0 Å². The number of halogens is 1. The Labute approximate surface area is 125 Å². The Morgan fingerprint density at radius 3 is 2.35 bits per heavy atom. The van der Waals surface area contributed by atoms with Crippen molar-refractivity contribution in [2.75, 3.05) is 12.4 Å². The SMILES string of the molecule is O=S(=O)(NCC1(O)CCCC1)c1ccc(CCCl)cc1. The fourth-order valence-corrected chi connectivity index (χ4v) is 3.80. The van der Waals surface area contributed by atoms with Crippen LogP contribution in [0, 0.1) is 0 Å². The van der Waals surface area contributed by atoms with E-state index in [1.807, 2.05) is 0 Å². The lowest BCUT2D eigenvalue weighted by Gasteiger charge is -2.22. The Bertz CT molecular complexity index is 536. The summed E-state index contributed by atoms with van der Waals surface area (Å²) in [4.78, 5) is 0.220. The minimum absolute atomic E-state index is 0.0821. The highest BCUT2D eigenvalue weighted by Crippen LogP contribution is 2.29. The lowest BCUT2D eigenvalue weighted by Crippen LogP contribution is -2.40. The Morgan fingerprint density at radius 1 is 1.20 bits per heavy atom. The van der Waals surface area contributed by atoms with Gasteiger partial charge in [0.25, 0.3) is 0 Å². The first-order chi connectivity index (χ1) is 9.45. The molecular weight excluding hydrogens is 298 g/mol. The first-order valence-corrected chi connectivity index (χ1v) is 8.84. The monoisotopic (exact) mass is 317 g/mol. The number of aryl methyl sites for hydroxylation is 1. The Morgan fingerprint density at radius 2 is 1.80 bits per heavy atom. The number of benzene rings is 1. The molecule has 1 fully saturated rings. The molecule has 0 atom stereocenters. The molecule has 1 aromatic carbocycles. The number of sulfonamides is 1. The standard InChI is InChI=1S/C14H20ClNO3S/c15-10-7-12-3-5-13(6-4-12)20(18,19)16-11-14(17)8-1-2-9-14/h3-6,16-17H,1-2,7-11H2. The predicted octanol–water partition coefficient (Wildman–Crippen LogP) is 2.05. The molecule has 0 heterocycles. The number of hydrogen-bond donors (Lipinski definition) is 2. The molecule has 1 aromatic rings. The second-order valence-electron chi connectivity index (χ2n) is 5.34. The Balaban J connectivity index is 2.02. The van der Waals surface area contributed by atoms with Crippen molar-refractivity contribution in [1.82, 2.24) is 4.72 Å². The van der Waals surface area contributed by atoms with E-state index >= 15 is 0 Å².